The van der Waals surface area contributed by atoms with Gasteiger partial charge in [-0.3, -0.25) is 0 Å². The molecule has 0 aromatic heterocycles. The Labute approximate surface area is 103 Å². The average Bonchev–Trinajstić information content (AvgIpc) is 2.27. The lowest BCUT2D eigenvalue weighted by atomic mass is 10.1. The van der Waals surface area contributed by atoms with E-state index in [1.54, 1.807) is 0 Å². The molecule has 0 radical (unpaired) electrons. The summed E-state index contributed by atoms with van der Waals surface area (Å²) in [5.74, 6) is 0. The van der Waals surface area contributed by atoms with Crippen molar-refractivity contribution in [2.75, 3.05) is 13.2 Å². The van der Waals surface area contributed by atoms with Gasteiger partial charge in [-0.05, 0) is 38.5 Å². The van der Waals surface area contributed by atoms with Crippen molar-refractivity contribution in [1.82, 2.24) is 5.32 Å². The molecule has 0 aliphatic carbocycles. The number of hydrogen-bond donors (Lipinski definition) is 1. The number of rotatable bonds is 5. The molecule has 0 saturated carbocycles. The fourth-order valence-electron chi connectivity index (χ4n) is 1.41. The molecule has 1 aromatic rings. The number of nitrogens with one attached hydrogen (secondary N) is 1. The number of nitriles is 1. The van der Waals surface area contributed by atoms with E-state index >= 15 is 0 Å². The standard InChI is InChI=1S/C14H20N2O/c1-14(2,3)17-8-7-16-11-13-6-4-5-12(9-13)10-15/h4-6,9,16H,7-8,11H2,1-3H3. The largest absolute Gasteiger partial charge is 0.375 e. The van der Waals surface area contributed by atoms with Crippen LogP contribution in [0, 0.1) is 11.3 Å². The molecule has 0 aliphatic heterocycles. The molecule has 0 heterocycles. The maximum absolute atomic E-state index is 8.77. The topological polar surface area (TPSA) is 45.0 Å². The Hall–Kier alpha value is -1.37. The van der Waals surface area contributed by atoms with Crippen LogP contribution >= 0.6 is 0 Å². The van der Waals surface area contributed by atoms with Crippen molar-refractivity contribution in [1.29, 1.82) is 5.26 Å². The summed E-state index contributed by atoms with van der Waals surface area (Å²) in [7, 11) is 0. The summed E-state index contributed by atoms with van der Waals surface area (Å²) >= 11 is 0. The summed E-state index contributed by atoms with van der Waals surface area (Å²) in [5, 5.41) is 12.1. The lowest BCUT2D eigenvalue weighted by Gasteiger charge is -2.19. The molecule has 0 amide bonds. The Bertz CT molecular complexity index is 388. The first-order valence-electron chi connectivity index (χ1n) is 5.85. The van der Waals surface area contributed by atoms with E-state index in [-0.39, 0.29) is 5.60 Å². The number of benzene rings is 1. The summed E-state index contributed by atoms with van der Waals surface area (Å²) in [4.78, 5) is 0. The van der Waals surface area contributed by atoms with Gasteiger partial charge in [0.15, 0.2) is 0 Å². The summed E-state index contributed by atoms with van der Waals surface area (Å²) in [6, 6.07) is 9.76. The molecule has 0 spiro atoms. The highest BCUT2D eigenvalue weighted by molar-refractivity contribution is 5.32. The van der Waals surface area contributed by atoms with Crippen LogP contribution in [0.3, 0.4) is 0 Å². The number of ether oxygens (including phenoxy) is 1. The average molecular weight is 232 g/mol. The highest BCUT2D eigenvalue weighted by atomic mass is 16.5. The Morgan fingerprint density at radius 2 is 2.12 bits per heavy atom. The van der Waals surface area contributed by atoms with Crippen molar-refractivity contribution in [2.45, 2.75) is 32.9 Å². The first kappa shape index (κ1) is 13.7. The molecule has 0 aliphatic rings. The molecule has 0 saturated heterocycles. The van der Waals surface area contributed by atoms with Crippen molar-refractivity contribution in [3.05, 3.63) is 35.4 Å². The second kappa shape index (κ2) is 6.39. The van der Waals surface area contributed by atoms with Crippen LogP contribution in [0.25, 0.3) is 0 Å². The highest BCUT2D eigenvalue weighted by Gasteiger charge is 2.08. The van der Waals surface area contributed by atoms with Crippen LogP contribution in [0.2, 0.25) is 0 Å². The monoisotopic (exact) mass is 232 g/mol. The molecule has 0 bridgehead atoms. The van der Waals surface area contributed by atoms with E-state index in [9.17, 15) is 0 Å². The zero-order chi connectivity index (χ0) is 12.7. The summed E-state index contributed by atoms with van der Waals surface area (Å²) < 4.78 is 5.60. The first-order valence-corrected chi connectivity index (χ1v) is 5.85. The molecular weight excluding hydrogens is 212 g/mol. The minimum Gasteiger partial charge on any atom is -0.375 e. The molecule has 3 nitrogen and oxygen atoms in total. The molecule has 1 aromatic carbocycles. The van der Waals surface area contributed by atoms with Gasteiger partial charge in [-0.1, -0.05) is 12.1 Å². The minimum atomic E-state index is -0.0809. The van der Waals surface area contributed by atoms with E-state index in [0.717, 1.165) is 18.7 Å². The smallest absolute Gasteiger partial charge is 0.0991 e. The minimum absolute atomic E-state index is 0.0809. The van der Waals surface area contributed by atoms with Crippen LogP contribution in [0.5, 0.6) is 0 Å². The van der Waals surface area contributed by atoms with Crippen molar-refractivity contribution >= 4 is 0 Å². The number of nitrogens with zero attached hydrogens (tertiary/aromatic N) is 1. The third-order valence-electron chi connectivity index (χ3n) is 2.20. The van der Waals surface area contributed by atoms with Crippen molar-refractivity contribution in [2.24, 2.45) is 0 Å². The number of hydrogen-bond acceptors (Lipinski definition) is 3. The lowest BCUT2D eigenvalue weighted by molar-refractivity contribution is -0.000885. The Morgan fingerprint density at radius 3 is 2.76 bits per heavy atom. The predicted molar refractivity (Wildman–Crippen MR) is 68.6 cm³/mol. The van der Waals surface area contributed by atoms with E-state index in [1.807, 2.05) is 45.0 Å². The molecule has 17 heavy (non-hydrogen) atoms. The van der Waals surface area contributed by atoms with E-state index < -0.39 is 0 Å². The first-order chi connectivity index (χ1) is 8.01. The molecular formula is C14H20N2O. The molecule has 92 valence electrons. The van der Waals surface area contributed by atoms with Gasteiger partial charge in [0.2, 0.25) is 0 Å². The van der Waals surface area contributed by atoms with Gasteiger partial charge in [-0.2, -0.15) is 5.26 Å². The van der Waals surface area contributed by atoms with Crippen LogP contribution in [0.15, 0.2) is 24.3 Å². The third-order valence-corrected chi connectivity index (χ3v) is 2.20. The molecule has 1 N–H and O–H groups in total. The Kier molecular flexibility index (Phi) is 5.14. The van der Waals surface area contributed by atoms with E-state index in [2.05, 4.69) is 11.4 Å². The second-order valence-corrected chi connectivity index (χ2v) is 4.95. The van der Waals surface area contributed by atoms with Gasteiger partial charge in [0, 0.05) is 13.1 Å². The maximum Gasteiger partial charge on any atom is 0.0991 e. The van der Waals surface area contributed by atoms with Gasteiger partial charge < -0.3 is 10.1 Å². The summed E-state index contributed by atoms with van der Waals surface area (Å²) in [6.07, 6.45) is 0. The van der Waals surface area contributed by atoms with Gasteiger partial charge >= 0.3 is 0 Å². The van der Waals surface area contributed by atoms with Crippen LogP contribution in [-0.2, 0) is 11.3 Å². The zero-order valence-corrected chi connectivity index (χ0v) is 10.8. The SMILES string of the molecule is CC(C)(C)OCCNCc1cccc(C#N)c1. The quantitative estimate of drug-likeness (QED) is 0.793. The van der Waals surface area contributed by atoms with E-state index in [4.69, 9.17) is 10.00 Å². The van der Waals surface area contributed by atoms with Gasteiger partial charge in [-0.25, -0.2) is 0 Å². The van der Waals surface area contributed by atoms with Crippen molar-refractivity contribution in [3.63, 3.8) is 0 Å². The van der Waals surface area contributed by atoms with E-state index in [1.165, 1.54) is 0 Å². The van der Waals surface area contributed by atoms with Crippen LogP contribution in [0.4, 0.5) is 0 Å². The summed E-state index contributed by atoms with van der Waals surface area (Å²) in [6.45, 7) is 8.41. The molecule has 1 rings (SSSR count). The Morgan fingerprint density at radius 1 is 1.35 bits per heavy atom. The van der Waals surface area contributed by atoms with Crippen LogP contribution in [0.1, 0.15) is 31.9 Å². The van der Waals surface area contributed by atoms with E-state index in [0.29, 0.717) is 12.2 Å². The highest BCUT2D eigenvalue weighted by Crippen LogP contribution is 2.06. The maximum atomic E-state index is 8.77. The molecule has 0 atom stereocenters. The lowest BCUT2D eigenvalue weighted by Crippen LogP contribution is -2.26. The normalized spacial score (nSPS) is 11.2. The Balaban J connectivity index is 2.25. The van der Waals surface area contributed by atoms with Gasteiger partial charge in [0.05, 0.1) is 23.8 Å². The summed E-state index contributed by atoms with van der Waals surface area (Å²) in [5.41, 5.74) is 1.75. The second-order valence-electron chi connectivity index (χ2n) is 4.95. The predicted octanol–water partition coefficient (Wildman–Crippen LogP) is 2.46. The zero-order valence-electron chi connectivity index (χ0n) is 10.8. The fourth-order valence-corrected chi connectivity index (χ4v) is 1.41. The fraction of sp³-hybridized carbons (Fsp3) is 0.500. The molecule has 3 heteroatoms. The van der Waals surface area contributed by atoms with Crippen molar-refractivity contribution in [3.8, 4) is 6.07 Å². The van der Waals surface area contributed by atoms with Gasteiger partial charge in [0.25, 0.3) is 0 Å². The third kappa shape index (κ3) is 6.06. The van der Waals surface area contributed by atoms with Crippen molar-refractivity contribution < 1.29 is 4.74 Å². The van der Waals surface area contributed by atoms with Crippen LogP contribution in [-0.4, -0.2) is 18.8 Å². The van der Waals surface area contributed by atoms with Crippen LogP contribution < -0.4 is 5.32 Å². The molecule has 0 unspecified atom stereocenters. The van der Waals surface area contributed by atoms with Gasteiger partial charge in [0.1, 0.15) is 0 Å². The molecule has 0 fully saturated rings. The van der Waals surface area contributed by atoms with Gasteiger partial charge in [-0.15, -0.1) is 0 Å².